The van der Waals surface area contributed by atoms with E-state index in [0.29, 0.717) is 0 Å². The molecule has 82 valence electrons. The van der Waals surface area contributed by atoms with Crippen LogP contribution in [0.4, 0.5) is 5.69 Å². The number of hydrogen-bond donors (Lipinski definition) is 1. The minimum Gasteiger partial charge on any atom is -0.385 e. The molecule has 0 fully saturated rings. The quantitative estimate of drug-likeness (QED) is 0.518. The lowest BCUT2D eigenvalue weighted by Gasteiger charge is -2.08. The molecule has 0 aliphatic carbocycles. The molecular weight excluding hydrogens is 182 g/mol. The van der Waals surface area contributed by atoms with Crippen molar-refractivity contribution in [3.8, 4) is 0 Å². The summed E-state index contributed by atoms with van der Waals surface area (Å²) in [5, 5.41) is 3.46. The van der Waals surface area contributed by atoms with Crippen LogP contribution in [0, 0.1) is 6.92 Å². The zero-order valence-corrected chi connectivity index (χ0v) is 9.63. The van der Waals surface area contributed by atoms with Gasteiger partial charge in [0.1, 0.15) is 0 Å². The highest BCUT2D eigenvalue weighted by Gasteiger charge is 1.94. The Hall–Kier alpha value is -1.24. The van der Waals surface area contributed by atoms with Gasteiger partial charge in [0.2, 0.25) is 0 Å². The fraction of sp³-hybridized carbons (Fsp3) is 0.429. The number of unbranched alkanes of at least 4 members (excludes halogenated alkanes) is 3. The second-order valence-corrected chi connectivity index (χ2v) is 3.88. The number of rotatable bonds is 7. The minimum atomic E-state index is 1.07. The summed E-state index contributed by atoms with van der Waals surface area (Å²) in [4.78, 5) is 0. The molecular formula is C14H21N. The van der Waals surface area contributed by atoms with Crippen molar-refractivity contribution < 1.29 is 0 Å². The van der Waals surface area contributed by atoms with Crippen LogP contribution in [0.15, 0.2) is 36.9 Å². The summed E-state index contributed by atoms with van der Waals surface area (Å²) < 4.78 is 0. The smallest absolute Gasteiger partial charge is 0.0369 e. The van der Waals surface area contributed by atoms with Gasteiger partial charge in [0.15, 0.2) is 0 Å². The fourth-order valence-corrected chi connectivity index (χ4v) is 1.58. The Labute approximate surface area is 93.2 Å². The molecule has 0 aliphatic heterocycles. The molecule has 0 aliphatic rings. The van der Waals surface area contributed by atoms with E-state index in [1.54, 1.807) is 0 Å². The van der Waals surface area contributed by atoms with Crippen LogP contribution >= 0.6 is 0 Å². The van der Waals surface area contributed by atoms with Crippen molar-refractivity contribution in [1.29, 1.82) is 0 Å². The minimum absolute atomic E-state index is 1.07. The maximum absolute atomic E-state index is 3.72. The second-order valence-electron chi connectivity index (χ2n) is 3.88. The van der Waals surface area contributed by atoms with Crippen LogP contribution in [0.1, 0.15) is 31.2 Å². The molecule has 0 spiro atoms. The molecule has 1 nitrogen and oxygen atoms in total. The van der Waals surface area contributed by atoms with Crippen LogP contribution in [0.2, 0.25) is 0 Å². The number of benzene rings is 1. The predicted molar refractivity (Wildman–Crippen MR) is 68.3 cm³/mol. The van der Waals surface area contributed by atoms with Crippen LogP contribution in [0.5, 0.6) is 0 Å². The van der Waals surface area contributed by atoms with E-state index in [1.807, 2.05) is 6.08 Å². The first-order chi connectivity index (χ1) is 7.34. The molecule has 1 aromatic rings. The number of hydrogen-bond acceptors (Lipinski definition) is 1. The lowest BCUT2D eigenvalue weighted by molar-refractivity contribution is 0.708. The average Bonchev–Trinajstić information content (AvgIpc) is 2.25. The number of nitrogens with one attached hydrogen (secondary N) is 1. The molecule has 0 atom stereocenters. The predicted octanol–water partition coefficient (Wildman–Crippen LogP) is 4.15. The summed E-state index contributed by atoms with van der Waals surface area (Å²) in [6, 6.07) is 8.43. The maximum atomic E-state index is 3.72. The van der Waals surface area contributed by atoms with Crippen molar-refractivity contribution in [2.45, 2.75) is 32.6 Å². The van der Waals surface area contributed by atoms with Crippen LogP contribution in [0.3, 0.4) is 0 Å². The van der Waals surface area contributed by atoms with Gasteiger partial charge in [0.05, 0.1) is 0 Å². The first kappa shape index (κ1) is 11.8. The van der Waals surface area contributed by atoms with E-state index >= 15 is 0 Å². The lowest BCUT2D eigenvalue weighted by atomic mass is 10.1. The van der Waals surface area contributed by atoms with Crippen LogP contribution in [-0.4, -0.2) is 6.54 Å². The fourth-order valence-electron chi connectivity index (χ4n) is 1.58. The van der Waals surface area contributed by atoms with Crippen molar-refractivity contribution in [2.75, 3.05) is 11.9 Å². The van der Waals surface area contributed by atoms with E-state index in [0.717, 1.165) is 13.0 Å². The van der Waals surface area contributed by atoms with Gasteiger partial charge in [0, 0.05) is 12.2 Å². The normalized spacial score (nSPS) is 9.93. The molecule has 0 unspecified atom stereocenters. The molecule has 0 radical (unpaired) electrons. The van der Waals surface area contributed by atoms with Crippen LogP contribution < -0.4 is 5.32 Å². The van der Waals surface area contributed by atoms with Crippen molar-refractivity contribution in [3.63, 3.8) is 0 Å². The third kappa shape index (κ3) is 4.68. The summed E-state index contributed by atoms with van der Waals surface area (Å²) in [5.74, 6) is 0. The van der Waals surface area contributed by atoms with Crippen molar-refractivity contribution in [2.24, 2.45) is 0 Å². The van der Waals surface area contributed by atoms with E-state index in [4.69, 9.17) is 0 Å². The number of aryl methyl sites for hydroxylation is 1. The number of para-hydroxylation sites is 1. The monoisotopic (exact) mass is 203 g/mol. The number of allylic oxidation sites excluding steroid dienone is 1. The van der Waals surface area contributed by atoms with E-state index in [1.165, 1.54) is 30.5 Å². The molecule has 1 heteroatoms. The zero-order chi connectivity index (χ0) is 10.9. The van der Waals surface area contributed by atoms with Gasteiger partial charge in [-0.1, -0.05) is 30.7 Å². The van der Waals surface area contributed by atoms with Gasteiger partial charge in [-0.25, -0.2) is 0 Å². The lowest BCUT2D eigenvalue weighted by Crippen LogP contribution is -2.02. The third-order valence-electron chi connectivity index (χ3n) is 2.55. The molecule has 0 saturated carbocycles. The number of anilines is 1. The summed E-state index contributed by atoms with van der Waals surface area (Å²) in [6.45, 7) is 6.93. The first-order valence-corrected chi connectivity index (χ1v) is 5.75. The highest BCUT2D eigenvalue weighted by atomic mass is 14.9. The molecule has 15 heavy (non-hydrogen) atoms. The molecule has 1 N–H and O–H groups in total. The van der Waals surface area contributed by atoms with Gasteiger partial charge in [-0.05, 0) is 37.8 Å². The molecule has 0 aromatic heterocycles. The molecule has 0 amide bonds. The highest BCUT2D eigenvalue weighted by molar-refractivity contribution is 5.49. The topological polar surface area (TPSA) is 12.0 Å². The maximum Gasteiger partial charge on any atom is 0.0369 e. The first-order valence-electron chi connectivity index (χ1n) is 5.75. The molecule has 0 bridgehead atoms. The van der Waals surface area contributed by atoms with E-state index < -0.39 is 0 Å². The van der Waals surface area contributed by atoms with Gasteiger partial charge in [-0.2, -0.15) is 0 Å². The van der Waals surface area contributed by atoms with Crippen molar-refractivity contribution >= 4 is 5.69 Å². The Balaban J connectivity index is 2.15. The van der Waals surface area contributed by atoms with E-state index in [9.17, 15) is 0 Å². The zero-order valence-electron chi connectivity index (χ0n) is 9.63. The Morgan fingerprint density at radius 3 is 2.73 bits per heavy atom. The molecule has 0 saturated heterocycles. The second kappa shape index (κ2) is 7.10. The summed E-state index contributed by atoms with van der Waals surface area (Å²) in [6.07, 6.45) is 6.92. The Morgan fingerprint density at radius 1 is 1.20 bits per heavy atom. The van der Waals surface area contributed by atoms with Crippen LogP contribution in [-0.2, 0) is 0 Å². The van der Waals surface area contributed by atoms with Gasteiger partial charge in [0.25, 0.3) is 0 Å². The SMILES string of the molecule is C=CCCCCCNc1ccccc1C. The summed E-state index contributed by atoms with van der Waals surface area (Å²) in [7, 11) is 0. The van der Waals surface area contributed by atoms with E-state index in [2.05, 4.69) is 43.1 Å². The Morgan fingerprint density at radius 2 is 2.00 bits per heavy atom. The molecule has 1 aromatic carbocycles. The van der Waals surface area contributed by atoms with Crippen LogP contribution in [0.25, 0.3) is 0 Å². The summed E-state index contributed by atoms with van der Waals surface area (Å²) >= 11 is 0. The van der Waals surface area contributed by atoms with Gasteiger partial charge in [-0.15, -0.1) is 6.58 Å². The largest absolute Gasteiger partial charge is 0.385 e. The summed E-state index contributed by atoms with van der Waals surface area (Å²) in [5.41, 5.74) is 2.59. The average molecular weight is 203 g/mol. The van der Waals surface area contributed by atoms with Crippen molar-refractivity contribution in [3.05, 3.63) is 42.5 Å². The van der Waals surface area contributed by atoms with Crippen molar-refractivity contribution in [1.82, 2.24) is 0 Å². The van der Waals surface area contributed by atoms with Gasteiger partial charge < -0.3 is 5.32 Å². The third-order valence-corrected chi connectivity index (χ3v) is 2.55. The standard InChI is InChI=1S/C14H21N/c1-3-4-5-6-9-12-15-14-11-8-7-10-13(14)2/h3,7-8,10-11,15H,1,4-6,9,12H2,2H3. The Kier molecular flexibility index (Phi) is 5.60. The molecule has 1 rings (SSSR count). The Bertz CT molecular complexity index is 291. The molecule has 0 heterocycles. The van der Waals surface area contributed by atoms with Gasteiger partial charge >= 0.3 is 0 Å². The van der Waals surface area contributed by atoms with E-state index in [-0.39, 0.29) is 0 Å². The van der Waals surface area contributed by atoms with Gasteiger partial charge in [-0.3, -0.25) is 0 Å². The highest BCUT2D eigenvalue weighted by Crippen LogP contribution is 2.13.